The molecule has 0 aromatic carbocycles. The SMILES string of the molecule is CCNc1cc(C(=O)N(CC)CC)cc(CC)n1. The average Bonchev–Trinajstić information content (AvgIpc) is 2.40. The molecule has 1 heterocycles. The first kappa shape index (κ1) is 14.5. The zero-order chi connectivity index (χ0) is 13.5. The van der Waals surface area contributed by atoms with Gasteiger partial charge in [0.15, 0.2) is 0 Å². The second-order valence-corrected chi connectivity index (χ2v) is 4.09. The van der Waals surface area contributed by atoms with Crippen molar-refractivity contribution < 1.29 is 4.79 Å². The molecule has 100 valence electrons. The summed E-state index contributed by atoms with van der Waals surface area (Å²) in [4.78, 5) is 18.6. The lowest BCUT2D eigenvalue weighted by molar-refractivity contribution is 0.0773. The predicted molar refractivity (Wildman–Crippen MR) is 75.0 cm³/mol. The summed E-state index contributed by atoms with van der Waals surface area (Å²) in [6.45, 7) is 10.3. The number of aryl methyl sites for hydroxylation is 1. The highest BCUT2D eigenvalue weighted by Crippen LogP contribution is 2.13. The van der Waals surface area contributed by atoms with Crippen LogP contribution in [0, 0.1) is 0 Å². The average molecular weight is 249 g/mol. The van der Waals surface area contributed by atoms with Crippen LogP contribution in [0.2, 0.25) is 0 Å². The quantitative estimate of drug-likeness (QED) is 0.842. The number of nitrogens with one attached hydrogen (secondary N) is 1. The standard InChI is InChI=1S/C14H23N3O/c1-5-12-9-11(10-13(16-12)15-6-2)14(18)17(7-3)8-4/h9-10H,5-8H2,1-4H3,(H,15,16). The molecule has 1 rings (SSSR count). The molecule has 0 aliphatic heterocycles. The molecule has 0 atom stereocenters. The number of anilines is 1. The Balaban J connectivity index is 3.06. The summed E-state index contributed by atoms with van der Waals surface area (Å²) in [5.74, 6) is 0.864. The molecule has 1 aromatic heterocycles. The Morgan fingerprint density at radius 1 is 1.22 bits per heavy atom. The summed E-state index contributed by atoms with van der Waals surface area (Å²) in [6.07, 6.45) is 0.831. The van der Waals surface area contributed by atoms with E-state index in [4.69, 9.17) is 0 Å². The molecule has 0 bridgehead atoms. The molecule has 0 unspecified atom stereocenters. The van der Waals surface area contributed by atoms with Gasteiger partial charge < -0.3 is 10.2 Å². The highest BCUT2D eigenvalue weighted by Gasteiger charge is 2.14. The lowest BCUT2D eigenvalue weighted by atomic mass is 10.1. The number of nitrogens with zero attached hydrogens (tertiary/aromatic N) is 2. The Kier molecular flexibility index (Phi) is 5.62. The fourth-order valence-electron chi connectivity index (χ4n) is 1.86. The topological polar surface area (TPSA) is 45.2 Å². The van der Waals surface area contributed by atoms with Gasteiger partial charge in [-0.2, -0.15) is 0 Å². The summed E-state index contributed by atoms with van der Waals surface area (Å²) in [5.41, 5.74) is 1.67. The van der Waals surface area contributed by atoms with E-state index in [1.165, 1.54) is 0 Å². The van der Waals surface area contributed by atoms with Gasteiger partial charge in [-0.25, -0.2) is 4.98 Å². The third kappa shape index (κ3) is 3.45. The molecule has 0 saturated heterocycles. The normalized spacial score (nSPS) is 10.2. The van der Waals surface area contributed by atoms with Gasteiger partial charge >= 0.3 is 0 Å². The van der Waals surface area contributed by atoms with Gasteiger partial charge in [-0.15, -0.1) is 0 Å². The Labute approximate surface area is 109 Å². The first-order valence-electron chi connectivity index (χ1n) is 6.70. The highest BCUT2D eigenvalue weighted by atomic mass is 16.2. The van der Waals surface area contributed by atoms with Crippen molar-refractivity contribution in [1.82, 2.24) is 9.88 Å². The summed E-state index contributed by atoms with van der Waals surface area (Å²) in [7, 11) is 0. The maximum absolute atomic E-state index is 12.3. The minimum atomic E-state index is 0.0799. The molecular formula is C14H23N3O. The number of carbonyl (C=O) groups excluding carboxylic acids is 1. The van der Waals surface area contributed by atoms with Crippen molar-refractivity contribution in [3.8, 4) is 0 Å². The van der Waals surface area contributed by atoms with Crippen molar-refractivity contribution in [1.29, 1.82) is 0 Å². The molecule has 0 radical (unpaired) electrons. The molecule has 0 aliphatic carbocycles. The molecule has 1 amide bonds. The van der Waals surface area contributed by atoms with Crippen LogP contribution < -0.4 is 5.32 Å². The zero-order valence-electron chi connectivity index (χ0n) is 11.8. The van der Waals surface area contributed by atoms with Crippen molar-refractivity contribution in [2.24, 2.45) is 0 Å². The zero-order valence-corrected chi connectivity index (χ0v) is 11.8. The summed E-state index contributed by atoms with van der Waals surface area (Å²) in [6, 6.07) is 3.73. The molecule has 0 fully saturated rings. The number of hydrogen-bond acceptors (Lipinski definition) is 3. The second kappa shape index (κ2) is 6.99. The van der Waals surface area contributed by atoms with Gasteiger partial charge in [0.1, 0.15) is 5.82 Å². The fraction of sp³-hybridized carbons (Fsp3) is 0.571. The third-order valence-electron chi connectivity index (χ3n) is 2.90. The minimum Gasteiger partial charge on any atom is -0.370 e. The molecule has 0 spiro atoms. The molecule has 4 heteroatoms. The Morgan fingerprint density at radius 3 is 2.39 bits per heavy atom. The molecule has 1 N–H and O–H groups in total. The summed E-state index contributed by atoms with van der Waals surface area (Å²) < 4.78 is 0. The van der Waals surface area contributed by atoms with Crippen molar-refractivity contribution in [3.05, 3.63) is 23.4 Å². The van der Waals surface area contributed by atoms with Crippen LogP contribution in [0.25, 0.3) is 0 Å². The lowest BCUT2D eigenvalue weighted by Crippen LogP contribution is -2.30. The minimum absolute atomic E-state index is 0.0799. The number of pyridine rings is 1. The van der Waals surface area contributed by atoms with Crippen LogP contribution in [0.1, 0.15) is 43.7 Å². The first-order chi connectivity index (χ1) is 8.65. The maximum Gasteiger partial charge on any atom is 0.254 e. The van der Waals surface area contributed by atoms with Crippen molar-refractivity contribution >= 4 is 11.7 Å². The lowest BCUT2D eigenvalue weighted by Gasteiger charge is -2.19. The third-order valence-corrected chi connectivity index (χ3v) is 2.90. The number of amides is 1. The summed E-state index contributed by atoms with van der Waals surface area (Å²) in [5, 5.41) is 3.17. The van der Waals surface area contributed by atoms with Crippen LogP contribution in [-0.4, -0.2) is 35.4 Å². The fourth-order valence-corrected chi connectivity index (χ4v) is 1.86. The van der Waals surface area contributed by atoms with Gasteiger partial charge in [0.25, 0.3) is 5.91 Å². The van der Waals surface area contributed by atoms with E-state index in [2.05, 4.69) is 10.3 Å². The molecule has 1 aromatic rings. The predicted octanol–water partition coefficient (Wildman–Crippen LogP) is 2.56. The molecule has 0 aliphatic rings. The van der Waals surface area contributed by atoms with E-state index in [9.17, 15) is 4.79 Å². The van der Waals surface area contributed by atoms with E-state index in [1.807, 2.05) is 44.7 Å². The molecular weight excluding hydrogens is 226 g/mol. The van der Waals surface area contributed by atoms with E-state index in [0.717, 1.165) is 43.1 Å². The van der Waals surface area contributed by atoms with Gasteiger partial charge in [-0.1, -0.05) is 6.92 Å². The van der Waals surface area contributed by atoms with Gasteiger partial charge in [-0.3, -0.25) is 4.79 Å². The van der Waals surface area contributed by atoms with Crippen LogP contribution in [0.15, 0.2) is 12.1 Å². The Bertz CT molecular complexity index is 400. The molecule has 4 nitrogen and oxygen atoms in total. The second-order valence-electron chi connectivity index (χ2n) is 4.09. The smallest absolute Gasteiger partial charge is 0.254 e. The number of carbonyl (C=O) groups is 1. The Hall–Kier alpha value is -1.58. The van der Waals surface area contributed by atoms with Gasteiger partial charge in [0.05, 0.1) is 0 Å². The van der Waals surface area contributed by atoms with Crippen LogP contribution in [0.3, 0.4) is 0 Å². The van der Waals surface area contributed by atoms with Crippen LogP contribution >= 0.6 is 0 Å². The summed E-state index contributed by atoms with van der Waals surface area (Å²) >= 11 is 0. The molecule has 0 saturated carbocycles. The Morgan fingerprint density at radius 2 is 1.89 bits per heavy atom. The van der Waals surface area contributed by atoms with Crippen molar-refractivity contribution in [2.45, 2.75) is 34.1 Å². The van der Waals surface area contributed by atoms with Crippen molar-refractivity contribution in [3.63, 3.8) is 0 Å². The number of rotatable bonds is 6. The van der Waals surface area contributed by atoms with E-state index >= 15 is 0 Å². The highest BCUT2D eigenvalue weighted by molar-refractivity contribution is 5.95. The van der Waals surface area contributed by atoms with Crippen LogP contribution in [-0.2, 0) is 6.42 Å². The monoisotopic (exact) mass is 249 g/mol. The number of hydrogen-bond donors (Lipinski definition) is 1. The molecule has 18 heavy (non-hydrogen) atoms. The van der Waals surface area contributed by atoms with E-state index in [0.29, 0.717) is 0 Å². The largest absolute Gasteiger partial charge is 0.370 e. The van der Waals surface area contributed by atoms with Gasteiger partial charge in [0.2, 0.25) is 0 Å². The van der Waals surface area contributed by atoms with Crippen molar-refractivity contribution in [2.75, 3.05) is 25.0 Å². The first-order valence-corrected chi connectivity index (χ1v) is 6.70. The van der Waals surface area contributed by atoms with E-state index in [1.54, 1.807) is 0 Å². The van der Waals surface area contributed by atoms with Crippen LogP contribution in [0.4, 0.5) is 5.82 Å². The maximum atomic E-state index is 12.3. The van der Waals surface area contributed by atoms with E-state index in [-0.39, 0.29) is 5.91 Å². The van der Waals surface area contributed by atoms with Gasteiger partial charge in [-0.05, 0) is 39.3 Å². The number of aromatic nitrogens is 1. The van der Waals surface area contributed by atoms with Gasteiger partial charge in [0, 0.05) is 30.9 Å². The van der Waals surface area contributed by atoms with Crippen LogP contribution in [0.5, 0.6) is 0 Å². The van der Waals surface area contributed by atoms with E-state index < -0.39 is 0 Å².